The lowest BCUT2D eigenvalue weighted by Crippen LogP contribution is -2.33. The maximum absolute atomic E-state index is 11.9. The lowest BCUT2D eigenvalue weighted by atomic mass is 10.0. The van der Waals surface area contributed by atoms with Crippen LogP contribution in [0, 0.1) is 5.92 Å². The Morgan fingerprint density at radius 2 is 2.00 bits per heavy atom. The van der Waals surface area contributed by atoms with E-state index in [4.69, 9.17) is 14.6 Å². The zero-order valence-electron chi connectivity index (χ0n) is 13.9. The molecule has 6 heteroatoms. The number of nitrogens with one attached hydrogen (secondary N) is 1. The highest BCUT2D eigenvalue weighted by Gasteiger charge is 2.17. The average Bonchev–Trinajstić information content (AvgIpc) is 2.55. The van der Waals surface area contributed by atoms with Crippen molar-refractivity contribution in [3.05, 3.63) is 23.8 Å². The predicted molar refractivity (Wildman–Crippen MR) is 86.9 cm³/mol. The van der Waals surface area contributed by atoms with Gasteiger partial charge in [0, 0.05) is 13.0 Å². The molecule has 0 saturated heterocycles. The summed E-state index contributed by atoms with van der Waals surface area (Å²) in [4.78, 5) is 23.0. The molecule has 0 aliphatic heterocycles. The quantitative estimate of drug-likeness (QED) is 0.690. The fourth-order valence-corrected chi connectivity index (χ4v) is 2.31. The Kier molecular flexibility index (Phi) is 7.94. The normalized spacial score (nSPS) is 11.6. The Labute approximate surface area is 136 Å². The molecule has 0 radical (unpaired) electrons. The summed E-state index contributed by atoms with van der Waals surface area (Å²) in [6.07, 6.45) is 2.09. The van der Waals surface area contributed by atoms with Crippen molar-refractivity contribution in [2.24, 2.45) is 5.92 Å². The topological polar surface area (TPSA) is 84.9 Å². The number of ether oxygens (including phenoxy) is 2. The Morgan fingerprint density at radius 3 is 2.57 bits per heavy atom. The number of carbonyl (C=O) groups is 2. The number of amides is 1. The van der Waals surface area contributed by atoms with E-state index >= 15 is 0 Å². The fourth-order valence-electron chi connectivity index (χ4n) is 2.31. The first-order chi connectivity index (χ1) is 11.0. The number of aliphatic carboxylic acids is 1. The van der Waals surface area contributed by atoms with E-state index < -0.39 is 11.9 Å². The highest BCUT2D eigenvalue weighted by Crippen LogP contribution is 2.25. The van der Waals surface area contributed by atoms with Crippen LogP contribution in [0.15, 0.2) is 18.2 Å². The molecule has 2 N–H and O–H groups in total. The van der Waals surface area contributed by atoms with Crippen molar-refractivity contribution in [1.29, 1.82) is 0 Å². The van der Waals surface area contributed by atoms with Gasteiger partial charge in [0.25, 0.3) is 0 Å². The summed E-state index contributed by atoms with van der Waals surface area (Å²) >= 11 is 0. The second-order valence-electron chi connectivity index (χ2n) is 5.31. The SMILES string of the molecule is CCCC(CNC(=O)CCc1cc(OC)ccc1OC)C(=O)O. The summed E-state index contributed by atoms with van der Waals surface area (Å²) in [5.41, 5.74) is 0.880. The van der Waals surface area contributed by atoms with E-state index in [-0.39, 0.29) is 18.9 Å². The second-order valence-corrected chi connectivity index (χ2v) is 5.31. The molecular weight excluding hydrogens is 298 g/mol. The van der Waals surface area contributed by atoms with Crippen LogP contribution < -0.4 is 14.8 Å². The van der Waals surface area contributed by atoms with Crippen LogP contribution in [0.2, 0.25) is 0 Å². The molecule has 0 fully saturated rings. The number of rotatable bonds is 10. The third-order valence-electron chi connectivity index (χ3n) is 3.64. The van der Waals surface area contributed by atoms with Gasteiger partial charge in [-0.15, -0.1) is 0 Å². The summed E-state index contributed by atoms with van der Waals surface area (Å²) in [7, 11) is 3.16. The molecule has 1 amide bonds. The largest absolute Gasteiger partial charge is 0.497 e. The summed E-state index contributed by atoms with van der Waals surface area (Å²) in [5, 5.41) is 11.8. The van der Waals surface area contributed by atoms with Gasteiger partial charge in [0.05, 0.1) is 20.1 Å². The van der Waals surface area contributed by atoms with Gasteiger partial charge in [-0.2, -0.15) is 0 Å². The molecule has 0 heterocycles. The molecule has 0 saturated carbocycles. The molecule has 6 nitrogen and oxygen atoms in total. The van der Waals surface area contributed by atoms with Crippen LogP contribution >= 0.6 is 0 Å². The first kappa shape index (κ1) is 18.8. The third kappa shape index (κ3) is 6.18. The number of carboxylic acids is 1. The third-order valence-corrected chi connectivity index (χ3v) is 3.64. The van der Waals surface area contributed by atoms with Crippen LogP contribution in [0.25, 0.3) is 0 Å². The Hall–Kier alpha value is -2.24. The van der Waals surface area contributed by atoms with Crippen LogP contribution in [0.3, 0.4) is 0 Å². The minimum Gasteiger partial charge on any atom is -0.497 e. The van der Waals surface area contributed by atoms with Crippen LogP contribution in [-0.2, 0) is 16.0 Å². The first-order valence-corrected chi connectivity index (χ1v) is 7.72. The molecule has 1 unspecified atom stereocenters. The van der Waals surface area contributed by atoms with Crippen molar-refractivity contribution in [3.63, 3.8) is 0 Å². The first-order valence-electron chi connectivity index (χ1n) is 7.72. The van der Waals surface area contributed by atoms with Crippen molar-refractivity contribution in [1.82, 2.24) is 5.32 Å². The molecule has 128 valence electrons. The molecule has 1 rings (SSSR count). The number of aryl methyl sites for hydroxylation is 1. The van der Waals surface area contributed by atoms with E-state index in [1.165, 1.54) is 0 Å². The standard InChI is InChI=1S/C17H25NO5/c1-4-5-13(17(20)21)11-18-16(19)9-6-12-10-14(22-2)7-8-15(12)23-3/h7-8,10,13H,4-6,9,11H2,1-3H3,(H,18,19)(H,20,21). The van der Waals surface area contributed by atoms with Gasteiger partial charge in [-0.05, 0) is 36.6 Å². The molecule has 0 spiro atoms. The average molecular weight is 323 g/mol. The van der Waals surface area contributed by atoms with Crippen LogP contribution in [-0.4, -0.2) is 37.7 Å². The van der Waals surface area contributed by atoms with Crippen molar-refractivity contribution in [2.45, 2.75) is 32.6 Å². The van der Waals surface area contributed by atoms with Gasteiger partial charge in [0.2, 0.25) is 5.91 Å². The summed E-state index contributed by atoms with van der Waals surface area (Å²) in [6.45, 7) is 2.09. The van der Waals surface area contributed by atoms with Gasteiger partial charge in [0.15, 0.2) is 0 Å². The molecular formula is C17H25NO5. The Balaban J connectivity index is 2.54. The predicted octanol–water partition coefficient (Wildman–Crippen LogP) is 2.25. The number of benzene rings is 1. The summed E-state index contributed by atoms with van der Waals surface area (Å²) < 4.78 is 10.4. The zero-order valence-corrected chi connectivity index (χ0v) is 13.9. The number of hydrogen-bond donors (Lipinski definition) is 2. The van der Waals surface area contributed by atoms with E-state index in [1.807, 2.05) is 13.0 Å². The van der Waals surface area contributed by atoms with Gasteiger partial charge in [-0.1, -0.05) is 13.3 Å². The minimum absolute atomic E-state index is 0.164. The lowest BCUT2D eigenvalue weighted by Gasteiger charge is -2.13. The van der Waals surface area contributed by atoms with E-state index in [2.05, 4.69) is 5.32 Å². The molecule has 0 aliphatic rings. The fraction of sp³-hybridized carbons (Fsp3) is 0.529. The Morgan fingerprint density at radius 1 is 1.26 bits per heavy atom. The maximum Gasteiger partial charge on any atom is 0.308 e. The van der Waals surface area contributed by atoms with E-state index in [0.717, 1.165) is 12.0 Å². The van der Waals surface area contributed by atoms with Crippen molar-refractivity contribution >= 4 is 11.9 Å². The van der Waals surface area contributed by atoms with Gasteiger partial charge >= 0.3 is 5.97 Å². The van der Waals surface area contributed by atoms with Crippen LogP contribution in [0.5, 0.6) is 11.5 Å². The highest BCUT2D eigenvalue weighted by atomic mass is 16.5. The second kappa shape index (κ2) is 9.71. The monoisotopic (exact) mass is 323 g/mol. The molecule has 0 bridgehead atoms. The number of carbonyl (C=O) groups excluding carboxylic acids is 1. The van der Waals surface area contributed by atoms with Gasteiger partial charge < -0.3 is 19.9 Å². The van der Waals surface area contributed by atoms with E-state index in [0.29, 0.717) is 24.3 Å². The van der Waals surface area contributed by atoms with Gasteiger partial charge in [-0.25, -0.2) is 0 Å². The van der Waals surface area contributed by atoms with Crippen LogP contribution in [0.1, 0.15) is 31.7 Å². The lowest BCUT2D eigenvalue weighted by molar-refractivity contribution is -0.141. The van der Waals surface area contributed by atoms with Crippen molar-refractivity contribution in [2.75, 3.05) is 20.8 Å². The summed E-state index contributed by atoms with van der Waals surface area (Å²) in [6, 6.07) is 5.43. The zero-order chi connectivity index (χ0) is 17.2. The maximum atomic E-state index is 11.9. The molecule has 1 atom stereocenters. The minimum atomic E-state index is -0.874. The number of hydrogen-bond acceptors (Lipinski definition) is 4. The molecule has 1 aromatic carbocycles. The smallest absolute Gasteiger partial charge is 0.308 e. The molecule has 1 aromatic rings. The number of methoxy groups -OCH3 is 2. The molecule has 0 aliphatic carbocycles. The highest BCUT2D eigenvalue weighted by molar-refractivity contribution is 5.77. The van der Waals surface area contributed by atoms with E-state index in [1.54, 1.807) is 26.4 Å². The van der Waals surface area contributed by atoms with E-state index in [9.17, 15) is 9.59 Å². The van der Waals surface area contributed by atoms with Gasteiger partial charge in [0.1, 0.15) is 11.5 Å². The summed E-state index contributed by atoms with van der Waals surface area (Å²) in [5.74, 6) is -0.169. The van der Waals surface area contributed by atoms with Crippen molar-refractivity contribution < 1.29 is 24.2 Å². The number of carboxylic acid groups (broad SMARTS) is 1. The molecule has 0 aromatic heterocycles. The van der Waals surface area contributed by atoms with Crippen molar-refractivity contribution in [3.8, 4) is 11.5 Å². The van der Waals surface area contributed by atoms with Gasteiger partial charge in [-0.3, -0.25) is 9.59 Å². The van der Waals surface area contributed by atoms with Crippen LogP contribution in [0.4, 0.5) is 0 Å². The molecule has 23 heavy (non-hydrogen) atoms. The Bertz CT molecular complexity index is 530.